The fourth-order valence-electron chi connectivity index (χ4n) is 2.45. The zero-order valence-corrected chi connectivity index (χ0v) is 11.4. The predicted molar refractivity (Wildman–Crippen MR) is 68.6 cm³/mol. The van der Waals surface area contributed by atoms with Crippen LogP contribution in [0.1, 0.15) is 18.4 Å². The van der Waals surface area contributed by atoms with Gasteiger partial charge in [0.1, 0.15) is 6.54 Å². The first-order valence-corrected chi connectivity index (χ1v) is 6.80. The molecule has 0 aliphatic carbocycles. The number of carboxylic acid groups (broad SMARTS) is 1. The van der Waals surface area contributed by atoms with Crippen molar-refractivity contribution in [2.75, 3.05) is 13.1 Å². The van der Waals surface area contributed by atoms with Gasteiger partial charge in [-0.3, -0.25) is 0 Å². The largest absolute Gasteiger partial charge is 0.550 e. The molecule has 1 heterocycles. The average Bonchev–Trinajstić information content (AvgIpc) is 2.34. The van der Waals surface area contributed by atoms with Crippen LogP contribution in [0.15, 0.2) is 18.2 Å². The fourth-order valence-corrected chi connectivity index (χ4v) is 2.77. The van der Waals surface area contributed by atoms with Gasteiger partial charge in [-0.15, -0.1) is 0 Å². The summed E-state index contributed by atoms with van der Waals surface area (Å²) in [5.74, 6) is -1.25. The van der Waals surface area contributed by atoms with E-state index >= 15 is 0 Å². The van der Waals surface area contributed by atoms with Crippen molar-refractivity contribution in [3.63, 3.8) is 0 Å². The Morgan fingerprint density at radius 1 is 1.39 bits per heavy atom. The van der Waals surface area contributed by atoms with Gasteiger partial charge in [0.2, 0.25) is 0 Å². The Balaban J connectivity index is 2.00. The van der Waals surface area contributed by atoms with Gasteiger partial charge in [-0.1, -0.05) is 29.3 Å². The zero-order chi connectivity index (χ0) is 13.1. The molecule has 0 spiro atoms. The van der Waals surface area contributed by atoms with Crippen LogP contribution in [0.2, 0.25) is 10.0 Å². The molecule has 1 saturated heterocycles. The van der Waals surface area contributed by atoms with E-state index in [1.165, 1.54) is 4.90 Å². The molecule has 0 saturated carbocycles. The summed E-state index contributed by atoms with van der Waals surface area (Å²) in [6.07, 6.45) is 1.66. The third-order valence-corrected chi connectivity index (χ3v) is 4.13. The van der Waals surface area contributed by atoms with Crippen LogP contribution in [-0.2, 0) is 11.3 Å². The van der Waals surface area contributed by atoms with E-state index in [0.29, 0.717) is 16.6 Å². The lowest BCUT2D eigenvalue weighted by Crippen LogP contribution is -3.12. The second-order valence-corrected chi connectivity index (χ2v) is 5.60. The summed E-state index contributed by atoms with van der Waals surface area (Å²) in [6.45, 7) is 2.40. The number of piperidine rings is 1. The van der Waals surface area contributed by atoms with Crippen LogP contribution in [0.3, 0.4) is 0 Å². The van der Waals surface area contributed by atoms with Gasteiger partial charge in [0, 0.05) is 11.5 Å². The molecule has 0 aromatic heterocycles. The number of carbonyl (C=O) groups is 1. The van der Waals surface area contributed by atoms with Crippen molar-refractivity contribution in [1.29, 1.82) is 0 Å². The number of hydrogen-bond acceptors (Lipinski definition) is 2. The summed E-state index contributed by atoms with van der Waals surface area (Å²) in [7, 11) is 0. The molecule has 0 bridgehead atoms. The van der Waals surface area contributed by atoms with Crippen molar-refractivity contribution in [2.45, 2.75) is 19.4 Å². The summed E-state index contributed by atoms with van der Waals surface area (Å²) >= 11 is 11.8. The van der Waals surface area contributed by atoms with E-state index in [4.69, 9.17) is 23.2 Å². The number of quaternary nitrogens is 1. The van der Waals surface area contributed by atoms with Crippen LogP contribution in [0.4, 0.5) is 0 Å². The molecule has 0 amide bonds. The van der Waals surface area contributed by atoms with E-state index in [0.717, 1.165) is 31.5 Å². The maximum Gasteiger partial charge on any atom is 0.103 e. The Hall–Kier alpha value is -0.770. The molecule has 1 fully saturated rings. The second kappa shape index (κ2) is 5.91. The third kappa shape index (κ3) is 3.37. The molecule has 1 N–H and O–H groups in total. The topological polar surface area (TPSA) is 44.6 Å². The number of carboxylic acids is 1. The molecular formula is C13H15Cl2NO2. The van der Waals surface area contributed by atoms with Crippen LogP contribution >= 0.6 is 23.2 Å². The first kappa shape index (κ1) is 13.7. The number of halogens is 2. The van der Waals surface area contributed by atoms with Gasteiger partial charge in [-0.2, -0.15) is 0 Å². The lowest BCUT2D eigenvalue weighted by atomic mass is 9.98. The van der Waals surface area contributed by atoms with E-state index < -0.39 is 5.97 Å². The fraction of sp³-hybridized carbons (Fsp3) is 0.462. The Morgan fingerprint density at radius 2 is 2.17 bits per heavy atom. The van der Waals surface area contributed by atoms with Crippen LogP contribution in [0.25, 0.3) is 0 Å². The van der Waals surface area contributed by atoms with Crippen LogP contribution in [0.5, 0.6) is 0 Å². The molecule has 1 aromatic rings. The molecule has 1 unspecified atom stereocenters. The third-order valence-electron chi connectivity index (χ3n) is 3.39. The number of rotatable bonds is 3. The van der Waals surface area contributed by atoms with Gasteiger partial charge in [-0.05, 0) is 25.0 Å². The Bertz CT molecular complexity index is 451. The van der Waals surface area contributed by atoms with Crippen molar-refractivity contribution in [2.24, 2.45) is 5.92 Å². The maximum atomic E-state index is 10.9. The van der Waals surface area contributed by atoms with E-state index in [9.17, 15) is 9.90 Å². The summed E-state index contributed by atoms with van der Waals surface area (Å²) < 4.78 is 0. The molecule has 5 heteroatoms. The van der Waals surface area contributed by atoms with Gasteiger partial charge >= 0.3 is 0 Å². The smallest absolute Gasteiger partial charge is 0.103 e. The van der Waals surface area contributed by atoms with E-state index in [1.807, 2.05) is 12.1 Å². The summed E-state index contributed by atoms with van der Waals surface area (Å²) in [5, 5.41) is 12.0. The highest BCUT2D eigenvalue weighted by Crippen LogP contribution is 2.22. The summed E-state index contributed by atoms with van der Waals surface area (Å²) in [4.78, 5) is 12.1. The molecule has 18 heavy (non-hydrogen) atoms. The summed E-state index contributed by atoms with van der Waals surface area (Å²) in [5.41, 5.74) is 1.08. The molecule has 1 aliphatic rings. The van der Waals surface area contributed by atoms with Gasteiger partial charge in [0.15, 0.2) is 0 Å². The second-order valence-electron chi connectivity index (χ2n) is 4.79. The minimum absolute atomic E-state index is 0.323. The van der Waals surface area contributed by atoms with Crippen molar-refractivity contribution in [3.05, 3.63) is 33.8 Å². The average molecular weight is 288 g/mol. The number of likely N-dealkylation sites (tertiary alicyclic amines) is 1. The van der Waals surface area contributed by atoms with Gasteiger partial charge in [-0.25, -0.2) is 0 Å². The van der Waals surface area contributed by atoms with E-state index in [1.54, 1.807) is 6.07 Å². The van der Waals surface area contributed by atoms with Crippen molar-refractivity contribution < 1.29 is 14.8 Å². The van der Waals surface area contributed by atoms with Crippen LogP contribution in [0, 0.1) is 5.92 Å². The Labute approximate surface area is 116 Å². The van der Waals surface area contributed by atoms with Crippen molar-refractivity contribution >= 4 is 29.2 Å². The normalized spacial score (nSPS) is 23.9. The highest BCUT2D eigenvalue weighted by atomic mass is 35.5. The highest BCUT2D eigenvalue weighted by Gasteiger charge is 2.24. The van der Waals surface area contributed by atoms with E-state index in [-0.39, 0.29) is 5.92 Å². The van der Waals surface area contributed by atoms with Gasteiger partial charge < -0.3 is 14.8 Å². The van der Waals surface area contributed by atoms with Crippen LogP contribution in [-0.4, -0.2) is 19.1 Å². The lowest BCUT2D eigenvalue weighted by Gasteiger charge is -2.30. The molecule has 2 rings (SSSR count). The highest BCUT2D eigenvalue weighted by molar-refractivity contribution is 6.42. The molecule has 0 radical (unpaired) electrons. The first-order valence-electron chi connectivity index (χ1n) is 6.04. The Kier molecular flexibility index (Phi) is 4.49. The zero-order valence-electron chi connectivity index (χ0n) is 9.92. The molecule has 1 aromatic carbocycles. The number of hydrogen-bond donors (Lipinski definition) is 1. The number of aliphatic carboxylic acids is 1. The van der Waals surface area contributed by atoms with Crippen molar-refractivity contribution in [1.82, 2.24) is 0 Å². The maximum absolute atomic E-state index is 10.9. The molecular weight excluding hydrogens is 273 g/mol. The molecule has 2 atom stereocenters. The van der Waals surface area contributed by atoms with Gasteiger partial charge in [0.05, 0.1) is 29.1 Å². The molecule has 3 nitrogen and oxygen atoms in total. The minimum Gasteiger partial charge on any atom is -0.550 e. The number of nitrogens with one attached hydrogen (secondary N) is 1. The Morgan fingerprint density at radius 3 is 2.83 bits per heavy atom. The van der Waals surface area contributed by atoms with E-state index in [2.05, 4.69) is 0 Å². The number of carbonyl (C=O) groups excluding carboxylic acids is 1. The van der Waals surface area contributed by atoms with Gasteiger partial charge in [0.25, 0.3) is 0 Å². The first-order chi connectivity index (χ1) is 8.56. The SMILES string of the molecule is O=C([O-])[C@@H]1CCC[NH+](Cc2ccc(Cl)c(Cl)c2)C1. The standard InChI is InChI=1S/C13H15Cl2NO2/c14-11-4-3-9(6-12(11)15)7-16-5-1-2-10(8-16)13(17)18/h3-4,6,10H,1-2,5,7-8H2,(H,17,18)/t10-/m1/s1. The minimum atomic E-state index is -0.929. The van der Waals surface area contributed by atoms with Crippen LogP contribution < -0.4 is 10.0 Å². The number of benzene rings is 1. The monoisotopic (exact) mass is 287 g/mol. The molecule has 98 valence electrons. The van der Waals surface area contributed by atoms with Crippen molar-refractivity contribution in [3.8, 4) is 0 Å². The summed E-state index contributed by atoms with van der Waals surface area (Å²) in [6, 6.07) is 5.56. The molecule has 1 aliphatic heterocycles. The predicted octanol–water partition coefficient (Wildman–Crippen LogP) is 0.538. The lowest BCUT2D eigenvalue weighted by molar-refractivity contribution is -0.921. The quantitative estimate of drug-likeness (QED) is 0.882.